The number of rotatable bonds is 5. The number of hydrogen-bond donors (Lipinski definition) is 1. The molecule has 0 radical (unpaired) electrons. The van der Waals surface area contributed by atoms with Crippen LogP contribution >= 0.6 is 0 Å². The number of hydrogen-bond acceptors (Lipinski definition) is 3. The van der Waals surface area contributed by atoms with Gasteiger partial charge >= 0.3 is 0 Å². The maximum absolute atomic E-state index is 12.4. The molecule has 106 valence electrons. The van der Waals surface area contributed by atoms with E-state index in [9.17, 15) is 4.79 Å². The number of amides is 1. The predicted molar refractivity (Wildman–Crippen MR) is 78.3 cm³/mol. The maximum Gasteiger partial charge on any atom is 0.255 e. The molecule has 2 aromatic heterocycles. The van der Waals surface area contributed by atoms with Gasteiger partial charge in [-0.3, -0.25) is 14.5 Å². The molecule has 1 amide bonds. The molecule has 1 N–H and O–H groups in total. The molecule has 0 aromatic carbocycles. The number of pyridine rings is 1. The van der Waals surface area contributed by atoms with E-state index in [0.29, 0.717) is 11.3 Å². The first kappa shape index (κ1) is 14.2. The second-order valence-corrected chi connectivity index (χ2v) is 4.97. The first-order valence-electron chi connectivity index (χ1n) is 6.86. The van der Waals surface area contributed by atoms with Crippen LogP contribution in [0.15, 0.2) is 30.7 Å². The van der Waals surface area contributed by atoms with E-state index in [2.05, 4.69) is 22.3 Å². The fourth-order valence-corrected chi connectivity index (χ4v) is 2.18. The van der Waals surface area contributed by atoms with Gasteiger partial charge in [0.15, 0.2) is 0 Å². The zero-order valence-electron chi connectivity index (χ0n) is 12.1. The highest BCUT2D eigenvalue weighted by atomic mass is 16.1. The highest BCUT2D eigenvalue weighted by Gasteiger charge is 2.18. The maximum atomic E-state index is 12.4. The van der Waals surface area contributed by atoms with E-state index >= 15 is 0 Å². The van der Waals surface area contributed by atoms with Crippen molar-refractivity contribution < 1.29 is 4.79 Å². The van der Waals surface area contributed by atoms with E-state index < -0.39 is 0 Å². The lowest BCUT2D eigenvalue weighted by Crippen LogP contribution is -2.32. The van der Waals surface area contributed by atoms with E-state index in [1.165, 1.54) is 0 Å². The van der Waals surface area contributed by atoms with Gasteiger partial charge in [0.25, 0.3) is 5.91 Å². The van der Waals surface area contributed by atoms with Crippen molar-refractivity contribution >= 4 is 5.91 Å². The van der Waals surface area contributed by atoms with Gasteiger partial charge in [-0.15, -0.1) is 0 Å². The third-order valence-electron chi connectivity index (χ3n) is 3.11. The molecule has 0 bridgehead atoms. The van der Waals surface area contributed by atoms with Gasteiger partial charge in [-0.25, -0.2) is 0 Å². The zero-order chi connectivity index (χ0) is 14.5. The fraction of sp³-hybridized carbons (Fsp3) is 0.400. The second kappa shape index (κ2) is 6.32. The molecule has 0 saturated carbocycles. The van der Waals surface area contributed by atoms with Crippen molar-refractivity contribution in [3.8, 4) is 11.3 Å². The van der Waals surface area contributed by atoms with Crippen molar-refractivity contribution in [3.05, 3.63) is 36.3 Å². The number of aryl methyl sites for hydroxylation is 1. The molecule has 5 nitrogen and oxygen atoms in total. The number of carbonyl (C=O) groups excluding carboxylic acids is 1. The van der Waals surface area contributed by atoms with Gasteiger partial charge in [0.2, 0.25) is 0 Å². The standard InChI is InChI=1S/C15H20N4O/c1-4-6-11(2)17-15(20)13-10-19(3)18-14(13)12-7-5-8-16-9-12/h5,7-11H,4,6H2,1-3H3,(H,17,20)/t11-/m1/s1. The largest absolute Gasteiger partial charge is 0.349 e. The van der Waals surface area contributed by atoms with Crippen LogP contribution in [0.2, 0.25) is 0 Å². The van der Waals surface area contributed by atoms with Gasteiger partial charge in [-0.2, -0.15) is 5.10 Å². The molecule has 0 fully saturated rings. The summed E-state index contributed by atoms with van der Waals surface area (Å²) >= 11 is 0. The lowest BCUT2D eigenvalue weighted by atomic mass is 10.1. The Morgan fingerprint density at radius 1 is 1.50 bits per heavy atom. The lowest BCUT2D eigenvalue weighted by Gasteiger charge is -2.12. The van der Waals surface area contributed by atoms with Gasteiger partial charge < -0.3 is 5.32 Å². The molecule has 0 aliphatic rings. The molecule has 0 unspecified atom stereocenters. The van der Waals surface area contributed by atoms with Crippen molar-refractivity contribution in [2.24, 2.45) is 7.05 Å². The summed E-state index contributed by atoms with van der Waals surface area (Å²) in [6.07, 6.45) is 7.18. The highest BCUT2D eigenvalue weighted by Crippen LogP contribution is 2.20. The Morgan fingerprint density at radius 3 is 2.95 bits per heavy atom. The second-order valence-electron chi connectivity index (χ2n) is 4.97. The number of carbonyl (C=O) groups is 1. The summed E-state index contributed by atoms with van der Waals surface area (Å²) in [6, 6.07) is 3.90. The number of nitrogens with zero attached hydrogens (tertiary/aromatic N) is 3. The van der Waals surface area contributed by atoms with Crippen molar-refractivity contribution in [3.63, 3.8) is 0 Å². The first-order chi connectivity index (χ1) is 9.61. The van der Waals surface area contributed by atoms with E-state index in [1.807, 2.05) is 26.1 Å². The fourth-order valence-electron chi connectivity index (χ4n) is 2.18. The van der Waals surface area contributed by atoms with Gasteiger partial charge in [-0.05, 0) is 25.5 Å². The Morgan fingerprint density at radius 2 is 2.30 bits per heavy atom. The first-order valence-corrected chi connectivity index (χ1v) is 6.86. The van der Waals surface area contributed by atoms with Crippen LogP contribution in [0.1, 0.15) is 37.0 Å². The summed E-state index contributed by atoms with van der Waals surface area (Å²) in [5.74, 6) is -0.0853. The van der Waals surface area contributed by atoms with Crippen LogP contribution in [0.25, 0.3) is 11.3 Å². The zero-order valence-corrected chi connectivity index (χ0v) is 12.1. The number of nitrogens with one attached hydrogen (secondary N) is 1. The minimum absolute atomic E-state index is 0.0853. The van der Waals surface area contributed by atoms with E-state index in [-0.39, 0.29) is 11.9 Å². The van der Waals surface area contributed by atoms with E-state index in [0.717, 1.165) is 18.4 Å². The minimum Gasteiger partial charge on any atom is -0.349 e. The van der Waals surface area contributed by atoms with Gasteiger partial charge in [-0.1, -0.05) is 13.3 Å². The molecular formula is C15H20N4O. The van der Waals surface area contributed by atoms with Crippen molar-refractivity contribution in [2.45, 2.75) is 32.7 Å². The predicted octanol–water partition coefficient (Wildman–Crippen LogP) is 2.40. The molecule has 2 rings (SSSR count). The van der Waals surface area contributed by atoms with Crippen LogP contribution in [0.5, 0.6) is 0 Å². The van der Waals surface area contributed by atoms with Crippen molar-refractivity contribution in [1.82, 2.24) is 20.1 Å². The molecule has 0 aliphatic heterocycles. The van der Waals surface area contributed by atoms with Gasteiger partial charge in [0.05, 0.1) is 5.56 Å². The number of aromatic nitrogens is 3. The summed E-state index contributed by atoms with van der Waals surface area (Å²) in [4.78, 5) is 16.4. The van der Waals surface area contributed by atoms with Crippen molar-refractivity contribution in [1.29, 1.82) is 0 Å². The van der Waals surface area contributed by atoms with Crippen LogP contribution in [-0.4, -0.2) is 26.7 Å². The summed E-state index contributed by atoms with van der Waals surface area (Å²) in [6.45, 7) is 4.12. The molecule has 0 spiro atoms. The Bertz CT molecular complexity index is 577. The van der Waals surface area contributed by atoms with E-state index in [4.69, 9.17) is 0 Å². The molecule has 2 heterocycles. The molecule has 0 aliphatic carbocycles. The average molecular weight is 272 g/mol. The average Bonchev–Trinajstić information content (AvgIpc) is 2.82. The molecule has 1 atom stereocenters. The third kappa shape index (κ3) is 3.23. The topological polar surface area (TPSA) is 59.8 Å². The van der Waals surface area contributed by atoms with Crippen LogP contribution in [0.4, 0.5) is 0 Å². The Kier molecular flexibility index (Phi) is 4.50. The highest BCUT2D eigenvalue weighted by molar-refractivity contribution is 5.99. The SMILES string of the molecule is CCC[C@@H](C)NC(=O)c1cn(C)nc1-c1cccnc1. The lowest BCUT2D eigenvalue weighted by molar-refractivity contribution is 0.0939. The van der Waals surface area contributed by atoms with Gasteiger partial charge in [0, 0.05) is 37.2 Å². The Labute approximate surface area is 119 Å². The summed E-state index contributed by atoms with van der Waals surface area (Å²) in [7, 11) is 1.81. The van der Waals surface area contributed by atoms with Crippen LogP contribution in [0.3, 0.4) is 0 Å². The Hall–Kier alpha value is -2.17. The molecule has 2 aromatic rings. The monoisotopic (exact) mass is 272 g/mol. The quantitative estimate of drug-likeness (QED) is 0.909. The summed E-state index contributed by atoms with van der Waals surface area (Å²) in [5, 5.41) is 7.38. The van der Waals surface area contributed by atoms with E-state index in [1.54, 1.807) is 23.3 Å². The smallest absolute Gasteiger partial charge is 0.255 e. The van der Waals surface area contributed by atoms with Gasteiger partial charge in [0.1, 0.15) is 5.69 Å². The molecular weight excluding hydrogens is 252 g/mol. The molecule has 0 saturated heterocycles. The summed E-state index contributed by atoms with van der Waals surface area (Å²) < 4.78 is 1.65. The normalized spacial score (nSPS) is 12.2. The molecule has 20 heavy (non-hydrogen) atoms. The molecule has 5 heteroatoms. The van der Waals surface area contributed by atoms with Crippen LogP contribution < -0.4 is 5.32 Å². The third-order valence-corrected chi connectivity index (χ3v) is 3.11. The summed E-state index contributed by atoms with van der Waals surface area (Å²) in [5.41, 5.74) is 2.10. The van der Waals surface area contributed by atoms with Crippen LogP contribution in [-0.2, 0) is 7.05 Å². The van der Waals surface area contributed by atoms with Crippen molar-refractivity contribution in [2.75, 3.05) is 0 Å². The minimum atomic E-state index is -0.0853. The van der Waals surface area contributed by atoms with Crippen LogP contribution in [0, 0.1) is 0 Å². The Balaban J connectivity index is 2.26.